The zero-order valence-electron chi connectivity index (χ0n) is 14.4. The van der Waals surface area contributed by atoms with Gasteiger partial charge in [0.15, 0.2) is 15.6 Å². The Bertz CT molecular complexity index is 928. The van der Waals surface area contributed by atoms with Crippen LogP contribution in [0.3, 0.4) is 0 Å². The fourth-order valence-corrected chi connectivity index (χ4v) is 6.56. The molecule has 2 atom stereocenters. The third kappa shape index (κ3) is 2.89. The lowest BCUT2D eigenvalue weighted by Crippen LogP contribution is -2.32. The molecular weight excluding hydrogens is 354 g/mol. The molecule has 0 aromatic heterocycles. The minimum atomic E-state index is -3.30. The lowest BCUT2D eigenvalue weighted by atomic mass is 9.77. The van der Waals surface area contributed by atoms with Gasteiger partial charge in [0, 0.05) is 35.6 Å². The van der Waals surface area contributed by atoms with Gasteiger partial charge >= 0.3 is 0 Å². The zero-order chi connectivity index (χ0) is 17.8. The van der Waals surface area contributed by atoms with Gasteiger partial charge in [-0.3, -0.25) is 9.79 Å². The first kappa shape index (κ1) is 17.0. The van der Waals surface area contributed by atoms with Gasteiger partial charge in [-0.25, -0.2) is 8.42 Å². The molecule has 0 radical (unpaired) electrons. The highest BCUT2D eigenvalue weighted by Gasteiger charge is 2.42. The van der Waals surface area contributed by atoms with E-state index in [1.807, 2.05) is 30.8 Å². The largest absolute Gasteiger partial charge is 0.294 e. The number of Topliss-reactive ketones (excluding diaryl/α,β-unsaturated/α-hetero) is 1. The number of aryl methyl sites for hydroxylation is 1. The van der Waals surface area contributed by atoms with E-state index in [0.717, 1.165) is 47.4 Å². The molecule has 1 fully saturated rings. The van der Waals surface area contributed by atoms with Crippen molar-refractivity contribution in [2.24, 2.45) is 4.99 Å². The highest BCUT2D eigenvalue weighted by Crippen LogP contribution is 2.47. The number of hydrogen-bond acceptors (Lipinski definition) is 5. The van der Waals surface area contributed by atoms with E-state index < -0.39 is 9.84 Å². The standard InChI is InChI=1S/C19H21NO3S2/c1-11-6-7-12(10-16(11)25(2,22)23)17-18-13(4-3-5-15(18)21)20-14-8-9-24-19(14)17/h6-7,10,17,19H,3-5,8-9H2,1-2H3. The second-order valence-electron chi connectivity index (χ2n) is 7.06. The average Bonchev–Trinajstić information content (AvgIpc) is 3.01. The number of ketones is 1. The Hall–Kier alpha value is -1.40. The fraction of sp³-hybridized carbons (Fsp3) is 0.474. The monoisotopic (exact) mass is 375 g/mol. The summed E-state index contributed by atoms with van der Waals surface area (Å²) in [5.41, 5.74) is 4.62. The number of nitrogens with zero attached hydrogens (tertiary/aromatic N) is 1. The average molecular weight is 376 g/mol. The number of sulfone groups is 1. The quantitative estimate of drug-likeness (QED) is 0.794. The molecule has 0 spiro atoms. The summed E-state index contributed by atoms with van der Waals surface area (Å²) >= 11 is 1.84. The summed E-state index contributed by atoms with van der Waals surface area (Å²) in [6.07, 6.45) is 4.49. The first-order valence-corrected chi connectivity index (χ1v) is 11.6. The number of fused-ring (bicyclic) bond motifs is 1. The van der Waals surface area contributed by atoms with Crippen LogP contribution < -0.4 is 0 Å². The maximum absolute atomic E-state index is 12.7. The third-order valence-corrected chi connectivity index (χ3v) is 7.86. The molecule has 1 aromatic carbocycles. The summed E-state index contributed by atoms with van der Waals surface area (Å²) < 4.78 is 24.3. The number of allylic oxidation sites excluding steroid dienone is 2. The van der Waals surface area contributed by atoms with Crippen LogP contribution in [-0.2, 0) is 14.6 Å². The van der Waals surface area contributed by atoms with E-state index in [0.29, 0.717) is 11.3 Å². The van der Waals surface area contributed by atoms with Crippen LogP contribution in [-0.4, -0.2) is 37.2 Å². The number of carbonyl (C=O) groups is 1. The molecule has 2 heterocycles. The molecule has 132 valence electrons. The number of hydrogen-bond donors (Lipinski definition) is 0. The Morgan fingerprint density at radius 3 is 2.76 bits per heavy atom. The van der Waals surface area contributed by atoms with Crippen molar-refractivity contribution in [1.29, 1.82) is 0 Å². The van der Waals surface area contributed by atoms with Gasteiger partial charge in [-0.15, -0.1) is 0 Å². The van der Waals surface area contributed by atoms with E-state index in [9.17, 15) is 13.2 Å². The summed E-state index contributed by atoms with van der Waals surface area (Å²) in [6, 6.07) is 5.64. The smallest absolute Gasteiger partial charge is 0.175 e. The number of carbonyl (C=O) groups excluding carboxylic acids is 1. The lowest BCUT2D eigenvalue weighted by Gasteiger charge is -2.33. The third-order valence-electron chi connectivity index (χ3n) is 5.28. The Morgan fingerprint density at radius 2 is 2.00 bits per heavy atom. The van der Waals surface area contributed by atoms with Crippen molar-refractivity contribution in [2.45, 2.75) is 48.7 Å². The summed E-state index contributed by atoms with van der Waals surface area (Å²) in [6.45, 7) is 1.81. The van der Waals surface area contributed by atoms with Gasteiger partial charge in [-0.1, -0.05) is 12.1 Å². The molecule has 0 bridgehead atoms. The van der Waals surface area contributed by atoms with Crippen LogP contribution in [0.25, 0.3) is 0 Å². The molecule has 6 heteroatoms. The summed E-state index contributed by atoms with van der Waals surface area (Å²) in [5.74, 6) is 1.13. The minimum absolute atomic E-state index is 0.0658. The molecule has 2 aliphatic heterocycles. The summed E-state index contributed by atoms with van der Waals surface area (Å²) in [5, 5.41) is 0.163. The van der Waals surface area contributed by atoms with Gasteiger partial charge in [0.1, 0.15) is 0 Å². The van der Waals surface area contributed by atoms with Crippen molar-refractivity contribution < 1.29 is 13.2 Å². The zero-order valence-corrected chi connectivity index (χ0v) is 16.0. The maximum Gasteiger partial charge on any atom is 0.175 e. The van der Waals surface area contributed by atoms with E-state index in [-0.39, 0.29) is 17.0 Å². The van der Waals surface area contributed by atoms with Crippen molar-refractivity contribution in [1.82, 2.24) is 0 Å². The van der Waals surface area contributed by atoms with Crippen molar-refractivity contribution in [2.75, 3.05) is 12.0 Å². The van der Waals surface area contributed by atoms with E-state index in [4.69, 9.17) is 4.99 Å². The molecular formula is C19H21NO3S2. The van der Waals surface area contributed by atoms with E-state index >= 15 is 0 Å². The molecule has 0 N–H and O–H groups in total. The topological polar surface area (TPSA) is 63.6 Å². The van der Waals surface area contributed by atoms with Crippen LogP contribution in [0.5, 0.6) is 0 Å². The lowest BCUT2D eigenvalue weighted by molar-refractivity contribution is -0.116. The first-order chi connectivity index (χ1) is 11.9. The second-order valence-corrected chi connectivity index (χ2v) is 10.3. The van der Waals surface area contributed by atoms with E-state index in [1.54, 1.807) is 6.07 Å². The maximum atomic E-state index is 12.7. The second kappa shape index (κ2) is 6.09. The van der Waals surface area contributed by atoms with Gasteiger partial charge in [0.25, 0.3) is 0 Å². The van der Waals surface area contributed by atoms with Crippen molar-refractivity contribution in [3.8, 4) is 0 Å². The van der Waals surface area contributed by atoms with Crippen LogP contribution in [0.1, 0.15) is 42.7 Å². The Kier molecular flexibility index (Phi) is 4.15. The fourth-order valence-electron chi connectivity index (χ4n) is 4.13. The van der Waals surface area contributed by atoms with Crippen LogP contribution in [0.15, 0.2) is 39.4 Å². The predicted octanol–water partition coefficient (Wildman–Crippen LogP) is 3.45. The van der Waals surface area contributed by atoms with Gasteiger partial charge in [0.2, 0.25) is 0 Å². The molecule has 1 aromatic rings. The normalized spacial score (nSPS) is 26.3. The first-order valence-electron chi connectivity index (χ1n) is 8.62. The van der Waals surface area contributed by atoms with Crippen molar-refractivity contribution >= 4 is 33.1 Å². The summed E-state index contributed by atoms with van der Waals surface area (Å²) in [4.78, 5) is 17.9. The molecule has 0 amide bonds. The number of thioether (sulfide) groups is 1. The molecule has 0 saturated carbocycles. The highest BCUT2D eigenvalue weighted by molar-refractivity contribution is 8.01. The molecule has 3 aliphatic rings. The minimum Gasteiger partial charge on any atom is -0.294 e. The molecule has 4 nitrogen and oxygen atoms in total. The van der Waals surface area contributed by atoms with Crippen LogP contribution in [0.4, 0.5) is 0 Å². The SMILES string of the molecule is Cc1ccc(C2C3=C(CCCC3=O)N=C3CCSC32)cc1S(C)(=O)=O. The van der Waals surface area contributed by atoms with Crippen LogP contribution in [0.2, 0.25) is 0 Å². The van der Waals surface area contributed by atoms with Gasteiger partial charge in [0.05, 0.1) is 10.1 Å². The van der Waals surface area contributed by atoms with Gasteiger partial charge < -0.3 is 0 Å². The Labute approximate surface area is 152 Å². The number of aliphatic imine (C=N–C) groups is 1. The summed E-state index contributed by atoms with van der Waals surface area (Å²) in [7, 11) is -3.30. The number of rotatable bonds is 2. The van der Waals surface area contributed by atoms with Crippen LogP contribution >= 0.6 is 11.8 Å². The number of benzene rings is 1. The molecule has 1 aliphatic carbocycles. The predicted molar refractivity (Wildman–Crippen MR) is 101 cm³/mol. The van der Waals surface area contributed by atoms with E-state index in [2.05, 4.69) is 0 Å². The molecule has 1 saturated heterocycles. The Morgan fingerprint density at radius 1 is 1.20 bits per heavy atom. The molecule has 4 rings (SSSR count). The van der Waals surface area contributed by atoms with Crippen LogP contribution in [0, 0.1) is 6.92 Å². The Balaban J connectivity index is 1.90. The molecule has 2 unspecified atom stereocenters. The highest BCUT2D eigenvalue weighted by atomic mass is 32.2. The van der Waals surface area contributed by atoms with Crippen molar-refractivity contribution in [3.63, 3.8) is 0 Å². The van der Waals surface area contributed by atoms with Gasteiger partial charge in [-0.2, -0.15) is 11.8 Å². The van der Waals surface area contributed by atoms with Gasteiger partial charge in [-0.05, 0) is 49.1 Å². The van der Waals surface area contributed by atoms with E-state index in [1.165, 1.54) is 12.0 Å². The van der Waals surface area contributed by atoms with Crippen molar-refractivity contribution in [3.05, 3.63) is 40.6 Å². The molecule has 25 heavy (non-hydrogen) atoms.